The lowest BCUT2D eigenvalue weighted by Crippen LogP contribution is -2.33. The minimum Gasteiger partial charge on any atom is -0.346 e. The van der Waals surface area contributed by atoms with Crippen LogP contribution in [-0.4, -0.2) is 27.9 Å². The average Bonchev–Trinajstić information content (AvgIpc) is 2.36. The molecule has 0 aromatic carbocycles. The molecule has 0 aliphatic carbocycles. The van der Waals surface area contributed by atoms with E-state index in [1.54, 1.807) is 0 Å². The minimum atomic E-state index is -0.249. The Hall–Kier alpha value is 1.38. The Morgan fingerprint density at radius 1 is 1.11 bits per heavy atom. The van der Waals surface area contributed by atoms with E-state index in [2.05, 4.69) is 45.2 Å². The summed E-state index contributed by atoms with van der Waals surface area (Å²) in [5.41, 5.74) is 0. The fourth-order valence-corrected chi connectivity index (χ4v) is 3.14. The molecule has 0 N–H and O–H groups in total. The number of alkyl halides is 2. The highest BCUT2D eigenvalue weighted by molar-refractivity contribution is 14.1. The van der Waals surface area contributed by atoms with Gasteiger partial charge in [-0.2, -0.15) is 0 Å². The second-order valence-corrected chi connectivity index (χ2v) is 3.40. The Labute approximate surface area is 81.9 Å². The van der Waals surface area contributed by atoms with Crippen molar-refractivity contribution in [3.63, 3.8) is 0 Å². The average molecular weight is 354 g/mol. The normalized spacial score (nSPS) is 24.7. The van der Waals surface area contributed by atoms with Crippen LogP contribution in [-0.2, 0) is 9.47 Å². The Morgan fingerprint density at radius 3 is 1.78 bits per heavy atom. The van der Waals surface area contributed by atoms with Crippen molar-refractivity contribution in [2.24, 2.45) is 0 Å². The van der Waals surface area contributed by atoms with Gasteiger partial charge in [0.1, 0.15) is 0 Å². The number of hydrogen-bond donors (Lipinski definition) is 0. The number of hydrogen-bond acceptors (Lipinski definition) is 2. The van der Waals surface area contributed by atoms with Gasteiger partial charge < -0.3 is 9.47 Å². The van der Waals surface area contributed by atoms with Crippen LogP contribution in [0.15, 0.2) is 0 Å². The Balaban J connectivity index is 2.45. The van der Waals surface area contributed by atoms with Crippen LogP contribution in [0.1, 0.15) is 0 Å². The molecule has 0 amide bonds. The summed E-state index contributed by atoms with van der Waals surface area (Å²) in [5, 5.41) is 0. The fraction of sp³-hybridized carbons (Fsp3) is 1.00. The Kier molecular flexibility index (Phi) is 3.47. The summed E-state index contributed by atoms with van der Waals surface area (Å²) in [5.74, 6) is -0.249. The first kappa shape index (κ1) is 8.48. The highest BCUT2D eigenvalue weighted by atomic mass is 127. The molecule has 0 unspecified atom stereocenters. The van der Waals surface area contributed by atoms with Crippen molar-refractivity contribution in [3.05, 3.63) is 0 Å². The van der Waals surface area contributed by atoms with Gasteiger partial charge in [-0.3, -0.25) is 0 Å². The summed E-state index contributed by atoms with van der Waals surface area (Å²) < 4.78 is 12.7. The smallest absolute Gasteiger partial charge is 0.186 e. The molecule has 2 nitrogen and oxygen atoms in total. The third kappa shape index (κ3) is 1.90. The molecule has 0 atom stereocenters. The Morgan fingerprint density at radius 2 is 1.56 bits per heavy atom. The summed E-state index contributed by atoms with van der Waals surface area (Å²) in [6.45, 7) is 1.51. The van der Waals surface area contributed by atoms with Crippen LogP contribution >= 0.6 is 45.2 Å². The van der Waals surface area contributed by atoms with Gasteiger partial charge in [0, 0.05) is 0 Å². The summed E-state index contributed by atoms with van der Waals surface area (Å²) in [7, 11) is 0. The molecule has 1 rings (SSSR count). The van der Waals surface area contributed by atoms with Crippen molar-refractivity contribution >= 4 is 45.2 Å². The van der Waals surface area contributed by atoms with Crippen molar-refractivity contribution in [3.8, 4) is 0 Å². The summed E-state index contributed by atoms with van der Waals surface area (Å²) in [6, 6.07) is 0. The topological polar surface area (TPSA) is 18.5 Å². The summed E-state index contributed by atoms with van der Waals surface area (Å²) in [4.78, 5) is 0. The van der Waals surface area contributed by atoms with Gasteiger partial charge in [0.25, 0.3) is 0 Å². The summed E-state index contributed by atoms with van der Waals surface area (Å²) in [6.07, 6.45) is 0. The molecule has 9 heavy (non-hydrogen) atoms. The van der Waals surface area contributed by atoms with Crippen LogP contribution in [0.5, 0.6) is 0 Å². The van der Waals surface area contributed by atoms with Crippen LogP contribution in [0, 0.1) is 0 Å². The van der Waals surface area contributed by atoms with Crippen molar-refractivity contribution in [1.82, 2.24) is 0 Å². The number of rotatable bonds is 2. The van der Waals surface area contributed by atoms with Gasteiger partial charge in [-0.1, -0.05) is 45.2 Å². The first-order valence-electron chi connectivity index (χ1n) is 2.73. The largest absolute Gasteiger partial charge is 0.346 e. The van der Waals surface area contributed by atoms with Crippen LogP contribution < -0.4 is 0 Å². The molecule has 1 saturated heterocycles. The monoisotopic (exact) mass is 354 g/mol. The van der Waals surface area contributed by atoms with Gasteiger partial charge in [0.15, 0.2) is 5.79 Å². The van der Waals surface area contributed by atoms with E-state index in [0.29, 0.717) is 0 Å². The van der Waals surface area contributed by atoms with E-state index < -0.39 is 0 Å². The lowest BCUT2D eigenvalue weighted by atomic mass is 10.4. The fourth-order valence-electron chi connectivity index (χ4n) is 0.687. The molecule has 0 saturated carbocycles. The molecule has 1 aliphatic heterocycles. The lowest BCUT2D eigenvalue weighted by molar-refractivity contribution is -0.112. The van der Waals surface area contributed by atoms with Crippen LogP contribution in [0.4, 0.5) is 0 Å². The lowest BCUT2D eigenvalue weighted by Gasteiger charge is -2.21. The molecular formula is C5H8I2O2. The second kappa shape index (κ2) is 3.68. The van der Waals surface area contributed by atoms with E-state index in [1.807, 2.05) is 0 Å². The van der Waals surface area contributed by atoms with Crippen molar-refractivity contribution in [2.75, 3.05) is 22.1 Å². The third-order valence-corrected chi connectivity index (χ3v) is 3.55. The second-order valence-electron chi connectivity index (χ2n) is 1.87. The first-order valence-corrected chi connectivity index (χ1v) is 5.78. The molecule has 0 radical (unpaired) electrons. The van der Waals surface area contributed by atoms with Crippen LogP contribution in [0.2, 0.25) is 0 Å². The van der Waals surface area contributed by atoms with E-state index in [4.69, 9.17) is 9.47 Å². The zero-order valence-corrected chi connectivity index (χ0v) is 9.22. The zero-order valence-electron chi connectivity index (χ0n) is 4.90. The van der Waals surface area contributed by atoms with E-state index >= 15 is 0 Å². The zero-order chi connectivity index (χ0) is 6.74. The van der Waals surface area contributed by atoms with Gasteiger partial charge in [0.05, 0.1) is 22.1 Å². The van der Waals surface area contributed by atoms with Crippen molar-refractivity contribution < 1.29 is 9.47 Å². The van der Waals surface area contributed by atoms with Gasteiger partial charge in [-0.05, 0) is 0 Å². The third-order valence-electron chi connectivity index (χ3n) is 1.22. The highest BCUT2D eigenvalue weighted by Crippen LogP contribution is 2.23. The molecule has 54 valence electrons. The van der Waals surface area contributed by atoms with E-state index in [0.717, 1.165) is 22.1 Å². The first-order chi connectivity index (χ1) is 4.33. The molecule has 0 bridgehead atoms. The summed E-state index contributed by atoms with van der Waals surface area (Å²) >= 11 is 4.58. The highest BCUT2D eigenvalue weighted by Gasteiger charge is 2.33. The molecule has 1 fully saturated rings. The number of halogens is 2. The Bertz CT molecular complexity index is 85.0. The maximum atomic E-state index is 5.40. The predicted molar refractivity (Wildman–Crippen MR) is 52.4 cm³/mol. The maximum Gasteiger partial charge on any atom is 0.186 e. The number of ether oxygens (including phenoxy) is 2. The van der Waals surface area contributed by atoms with Crippen LogP contribution in [0.3, 0.4) is 0 Å². The standard InChI is InChI=1S/C5H8I2O2/c6-3-5(4-7)8-1-2-9-5/h1-4H2. The molecule has 4 heteroatoms. The van der Waals surface area contributed by atoms with Crippen LogP contribution in [0.25, 0.3) is 0 Å². The van der Waals surface area contributed by atoms with Crippen molar-refractivity contribution in [2.45, 2.75) is 5.79 Å². The van der Waals surface area contributed by atoms with Gasteiger partial charge in [0.2, 0.25) is 0 Å². The molecule has 1 heterocycles. The molecule has 0 aromatic rings. The minimum absolute atomic E-state index is 0.249. The molecular weight excluding hydrogens is 346 g/mol. The maximum absolute atomic E-state index is 5.40. The van der Waals surface area contributed by atoms with Gasteiger partial charge in [-0.15, -0.1) is 0 Å². The molecule has 1 aliphatic rings. The van der Waals surface area contributed by atoms with Gasteiger partial charge >= 0.3 is 0 Å². The molecule has 0 aromatic heterocycles. The SMILES string of the molecule is ICC1(CI)OCCO1. The van der Waals surface area contributed by atoms with E-state index in [-0.39, 0.29) is 5.79 Å². The predicted octanol–water partition coefficient (Wildman–Crippen LogP) is 1.60. The van der Waals surface area contributed by atoms with E-state index in [1.165, 1.54) is 0 Å². The van der Waals surface area contributed by atoms with E-state index in [9.17, 15) is 0 Å². The van der Waals surface area contributed by atoms with Crippen molar-refractivity contribution in [1.29, 1.82) is 0 Å². The quantitative estimate of drug-likeness (QED) is 0.554. The molecule has 0 spiro atoms. The van der Waals surface area contributed by atoms with Gasteiger partial charge in [-0.25, -0.2) is 0 Å².